The Balaban J connectivity index is 2.18. The number of hydrogen-bond acceptors (Lipinski definition) is 2. The van der Waals surface area contributed by atoms with Gasteiger partial charge in [0, 0.05) is 17.6 Å². The first kappa shape index (κ1) is 12.6. The van der Waals surface area contributed by atoms with E-state index >= 15 is 0 Å². The molecule has 4 heteroatoms. The van der Waals surface area contributed by atoms with Crippen molar-refractivity contribution in [1.29, 1.82) is 0 Å². The molecule has 0 aliphatic carbocycles. The van der Waals surface area contributed by atoms with Gasteiger partial charge in [-0.1, -0.05) is 24.3 Å². The van der Waals surface area contributed by atoms with E-state index < -0.39 is 0 Å². The lowest BCUT2D eigenvalue weighted by atomic mass is 10.0. The van der Waals surface area contributed by atoms with Crippen LogP contribution in [0.4, 0.5) is 4.39 Å². The largest absolute Gasteiger partial charge is 0.325 e. The molecule has 0 amide bonds. The van der Waals surface area contributed by atoms with Crippen LogP contribution in [0.5, 0.6) is 0 Å². The monoisotopic (exact) mass is 268 g/mol. The lowest BCUT2D eigenvalue weighted by Crippen LogP contribution is -2.11. The maximum Gasteiger partial charge on any atom is 0.256 e. The zero-order valence-electron chi connectivity index (χ0n) is 10.7. The van der Waals surface area contributed by atoms with Gasteiger partial charge in [-0.05, 0) is 40.8 Å². The Morgan fingerprint density at radius 2 is 1.70 bits per heavy atom. The van der Waals surface area contributed by atoms with E-state index in [0.717, 1.165) is 16.5 Å². The van der Waals surface area contributed by atoms with Gasteiger partial charge in [0.25, 0.3) is 5.56 Å². The molecule has 0 fully saturated rings. The highest BCUT2D eigenvalue weighted by Gasteiger charge is 2.04. The molecule has 3 aromatic rings. The SMILES string of the molecule is NCc1cc2ccc(-c3ccc(F)cc3)cc2c(=O)[nH]1. The summed E-state index contributed by atoms with van der Waals surface area (Å²) in [4.78, 5) is 14.8. The number of halogens is 1. The lowest BCUT2D eigenvalue weighted by molar-refractivity contribution is 0.628. The van der Waals surface area contributed by atoms with Gasteiger partial charge in [0.1, 0.15) is 5.82 Å². The van der Waals surface area contributed by atoms with Crippen LogP contribution in [-0.4, -0.2) is 4.98 Å². The predicted molar refractivity (Wildman–Crippen MR) is 77.9 cm³/mol. The number of aromatic nitrogens is 1. The normalized spacial score (nSPS) is 10.9. The summed E-state index contributed by atoms with van der Waals surface area (Å²) in [7, 11) is 0. The third-order valence-electron chi connectivity index (χ3n) is 3.30. The average Bonchev–Trinajstić information content (AvgIpc) is 2.47. The molecular weight excluding hydrogens is 255 g/mol. The molecule has 100 valence electrons. The van der Waals surface area contributed by atoms with Crippen LogP contribution in [0, 0.1) is 5.82 Å². The van der Waals surface area contributed by atoms with Gasteiger partial charge in [-0.3, -0.25) is 4.79 Å². The second-order valence-corrected chi connectivity index (χ2v) is 4.64. The Hall–Kier alpha value is -2.46. The van der Waals surface area contributed by atoms with E-state index in [9.17, 15) is 9.18 Å². The minimum Gasteiger partial charge on any atom is -0.325 e. The van der Waals surface area contributed by atoms with Gasteiger partial charge in [0.15, 0.2) is 0 Å². The molecule has 1 heterocycles. The Morgan fingerprint density at radius 3 is 2.40 bits per heavy atom. The maximum atomic E-state index is 12.9. The fraction of sp³-hybridized carbons (Fsp3) is 0.0625. The third kappa shape index (κ3) is 2.21. The van der Waals surface area contributed by atoms with Crippen LogP contribution in [0.15, 0.2) is 53.3 Å². The number of pyridine rings is 1. The minimum absolute atomic E-state index is 0.160. The molecule has 0 saturated carbocycles. The Bertz CT molecular complexity index is 822. The Labute approximate surface area is 114 Å². The van der Waals surface area contributed by atoms with Crippen molar-refractivity contribution in [2.45, 2.75) is 6.54 Å². The molecular formula is C16H13FN2O. The van der Waals surface area contributed by atoms with Gasteiger partial charge >= 0.3 is 0 Å². The average molecular weight is 268 g/mol. The summed E-state index contributed by atoms with van der Waals surface area (Å²) in [5.74, 6) is -0.278. The van der Waals surface area contributed by atoms with Gasteiger partial charge in [-0.25, -0.2) is 4.39 Å². The molecule has 20 heavy (non-hydrogen) atoms. The van der Waals surface area contributed by atoms with E-state index in [1.54, 1.807) is 12.1 Å². The fourth-order valence-corrected chi connectivity index (χ4v) is 2.25. The molecule has 3 nitrogen and oxygen atoms in total. The number of fused-ring (bicyclic) bond motifs is 1. The summed E-state index contributed by atoms with van der Waals surface area (Å²) >= 11 is 0. The van der Waals surface area contributed by atoms with E-state index in [2.05, 4.69) is 4.98 Å². The number of benzene rings is 2. The van der Waals surface area contributed by atoms with Crippen LogP contribution in [0.2, 0.25) is 0 Å². The van der Waals surface area contributed by atoms with Gasteiger partial charge in [-0.15, -0.1) is 0 Å². The molecule has 1 aromatic heterocycles. The molecule has 0 spiro atoms. The number of nitrogens with two attached hydrogens (primary N) is 1. The molecule has 0 bridgehead atoms. The first-order chi connectivity index (χ1) is 9.67. The number of aromatic amines is 1. The molecule has 0 radical (unpaired) electrons. The van der Waals surface area contributed by atoms with Crippen molar-refractivity contribution in [2.24, 2.45) is 5.73 Å². The summed E-state index contributed by atoms with van der Waals surface area (Å²) in [6.07, 6.45) is 0. The number of nitrogens with one attached hydrogen (secondary N) is 1. The van der Waals surface area contributed by atoms with Crippen molar-refractivity contribution in [1.82, 2.24) is 4.98 Å². The molecule has 3 N–H and O–H groups in total. The quantitative estimate of drug-likeness (QED) is 0.750. The molecule has 2 aromatic carbocycles. The second kappa shape index (κ2) is 4.90. The van der Waals surface area contributed by atoms with E-state index in [-0.39, 0.29) is 11.4 Å². The summed E-state index contributed by atoms with van der Waals surface area (Å²) in [5, 5.41) is 1.45. The highest BCUT2D eigenvalue weighted by molar-refractivity contribution is 5.86. The summed E-state index contributed by atoms with van der Waals surface area (Å²) in [5.41, 5.74) is 7.83. The van der Waals surface area contributed by atoms with Gasteiger partial charge in [0.2, 0.25) is 0 Å². The predicted octanol–water partition coefficient (Wildman–Crippen LogP) is 2.79. The smallest absolute Gasteiger partial charge is 0.256 e. The minimum atomic E-state index is -0.278. The highest BCUT2D eigenvalue weighted by atomic mass is 19.1. The van der Waals surface area contributed by atoms with Gasteiger partial charge in [-0.2, -0.15) is 0 Å². The molecule has 0 aliphatic rings. The molecule has 3 rings (SSSR count). The molecule has 0 aliphatic heterocycles. The molecule has 0 unspecified atom stereocenters. The third-order valence-corrected chi connectivity index (χ3v) is 3.30. The van der Waals surface area contributed by atoms with E-state index in [4.69, 9.17) is 5.73 Å². The number of H-pyrrole nitrogens is 1. The fourth-order valence-electron chi connectivity index (χ4n) is 2.25. The van der Waals surface area contributed by atoms with Crippen LogP contribution >= 0.6 is 0 Å². The van der Waals surface area contributed by atoms with Crippen LogP contribution in [0.1, 0.15) is 5.69 Å². The van der Waals surface area contributed by atoms with E-state index in [0.29, 0.717) is 17.6 Å². The summed E-state index contributed by atoms with van der Waals surface area (Å²) in [6.45, 7) is 0.297. The lowest BCUT2D eigenvalue weighted by Gasteiger charge is -2.05. The van der Waals surface area contributed by atoms with Crippen molar-refractivity contribution in [2.75, 3.05) is 0 Å². The van der Waals surface area contributed by atoms with Crippen molar-refractivity contribution in [3.8, 4) is 11.1 Å². The Morgan fingerprint density at radius 1 is 1.00 bits per heavy atom. The van der Waals surface area contributed by atoms with Gasteiger partial charge < -0.3 is 10.7 Å². The number of rotatable bonds is 2. The molecule has 0 atom stereocenters. The topological polar surface area (TPSA) is 58.9 Å². The van der Waals surface area contributed by atoms with Crippen molar-refractivity contribution in [3.05, 3.63) is 70.4 Å². The van der Waals surface area contributed by atoms with Crippen LogP contribution < -0.4 is 11.3 Å². The summed E-state index contributed by atoms with van der Waals surface area (Å²) in [6, 6.07) is 13.7. The summed E-state index contributed by atoms with van der Waals surface area (Å²) < 4.78 is 12.9. The highest BCUT2D eigenvalue weighted by Crippen LogP contribution is 2.23. The van der Waals surface area contributed by atoms with Crippen LogP contribution in [0.3, 0.4) is 0 Å². The standard InChI is InChI=1S/C16H13FN2O/c17-13-5-3-10(4-6-13)11-1-2-12-7-14(9-18)19-16(20)15(12)8-11/h1-8H,9,18H2,(H,19,20). The second-order valence-electron chi connectivity index (χ2n) is 4.64. The van der Waals surface area contributed by atoms with Crippen LogP contribution in [0.25, 0.3) is 21.9 Å². The zero-order valence-corrected chi connectivity index (χ0v) is 10.7. The first-order valence-corrected chi connectivity index (χ1v) is 6.29. The first-order valence-electron chi connectivity index (χ1n) is 6.29. The Kier molecular flexibility index (Phi) is 3.08. The van der Waals surface area contributed by atoms with Crippen molar-refractivity contribution >= 4 is 10.8 Å². The van der Waals surface area contributed by atoms with Crippen molar-refractivity contribution in [3.63, 3.8) is 0 Å². The number of hydrogen-bond donors (Lipinski definition) is 2. The van der Waals surface area contributed by atoms with E-state index in [1.165, 1.54) is 12.1 Å². The van der Waals surface area contributed by atoms with Gasteiger partial charge in [0.05, 0.1) is 0 Å². The maximum absolute atomic E-state index is 12.9. The zero-order chi connectivity index (χ0) is 14.1. The van der Waals surface area contributed by atoms with E-state index in [1.807, 2.05) is 24.3 Å². The van der Waals surface area contributed by atoms with Crippen LogP contribution in [-0.2, 0) is 6.54 Å². The van der Waals surface area contributed by atoms with Crippen molar-refractivity contribution < 1.29 is 4.39 Å². The molecule has 0 saturated heterocycles.